The van der Waals surface area contributed by atoms with Gasteiger partial charge >= 0.3 is 5.97 Å². The molecule has 1 N–H and O–H groups in total. The summed E-state index contributed by atoms with van der Waals surface area (Å²) < 4.78 is 0. The molecule has 0 unspecified atom stereocenters. The third kappa shape index (κ3) is 5.27. The molecular weight excluding hydrogens is 254 g/mol. The number of hydrogen-bond acceptors (Lipinski definition) is 4. The Balaban J connectivity index is 1.84. The Bertz CT molecular complexity index is 405. The number of hydrogen-bond donors (Lipinski definition) is 1. The maximum absolute atomic E-state index is 10.8. The Morgan fingerprint density at radius 1 is 1.30 bits per heavy atom. The monoisotopic (exact) mass is 277 g/mol. The van der Waals surface area contributed by atoms with E-state index in [0.717, 1.165) is 25.3 Å². The highest BCUT2D eigenvalue weighted by Crippen LogP contribution is 2.08. The molecule has 1 aromatic heterocycles. The Morgan fingerprint density at radius 3 is 2.75 bits per heavy atom. The smallest absolute Gasteiger partial charge is 0.304 e. The van der Waals surface area contributed by atoms with Crippen LogP contribution in [-0.2, 0) is 11.3 Å². The van der Waals surface area contributed by atoms with Crippen molar-refractivity contribution in [2.45, 2.75) is 25.8 Å². The largest absolute Gasteiger partial charge is 0.481 e. The van der Waals surface area contributed by atoms with Gasteiger partial charge in [0.1, 0.15) is 0 Å². The van der Waals surface area contributed by atoms with E-state index in [4.69, 9.17) is 5.11 Å². The predicted molar refractivity (Wildman–Crippen MR) is 77.4 cm³/mol. The highest BCUT2D eigenvalue weighted by molar-refractivity contribution is 5.66. The quantitative estimate of drug-likeness (QED) is 0.779. The van der Waals surface area contributed by atoms with Crippen LogP contribution in [0.25, 0.3) is 0 Å². The van der Waals surface area contributed by atoms with E-state index in [2.05, 4.69) is 14.8 Å². The summed E-state index contributed by atoms with van der Waals surface area (Å²) in [5.41, 5.74) is 0.999. The predicted octanol–water partition coefficient (Wildman–Crippen LogP) is 1.45. The van der Waals surface area contributed by atoms with E-state index in [1.165, 1.54) is 25.9 Å². The molecular formula is C15H23N3O2. The molecule has 0 amide bonds. The van der Waals surface area contributed by atoms with E-state index in [9.17, 15) is 4.79 Å². The van der Waals surface area contributed by atoms with E-state index in [1.807, 2.05) is 18.2 Å². The lowest BCUT2D eigenvalue weighted by molar-refractivity contribution is -0.137. The molecule has 0 radical (unpaired) electrons. The van der Waals surface area contributed by atoms with Crippen molar-refractivity contribution in [3.05, 3.63) is 30.1 Å². The van der Waals surface area contributed by atoms with Crippen LogP contribution in [0.4, 0.5) is 0 Å². The molecule has 0 bridgehead atoms. The molecule has 0 spiro atoms. The van der Waals surface area contributed by atoms with Gasteiger partial charge in [-0.2, -0.15) is 0 Å². The third-order valence-electron chi connectivity index (χ3n) is 3.68. The maximum atomic E-state index is 10.8. The number of carboxylic acid groups (broad SMARTS) is 1. The van der Waals surface area contributed by atoms with Gasteiger partial charge in [0, 0.05) is 32.4 Å². The van der Waals surface area contributed by atoms with Crippen molar-refractivity contribution in [3.8, 4) is 0 Å². The van der Waals surface area contributed by atoms with Crippen LogP contribution in [0.2, 0.25) is 0 Å². The van der Waals surface area contributed by atoms with Gasteiger partial charge in [0.15, 0.2) is 0 Å². The Kier molecular flexibility index (Phi) is 5.95. The molecule has 1 aliphatic heterocycles. The van der Waals surface area contributed by atoms with Gasteiger partial charge in [-0.1, -0.05) is 6.07 Å². The summed E-state index contributed by atoms with van der Waals surface area (Å²) in [4.78, 5) is 19.7. The minimum absolute atomic E-state index is 0.187. The van der Waals surface area contributed by atoms with Gasteiger partial charge < -0.3 is 10.0 Å². The summed E-state index contributed by atoms with van der Waals surface area (Å²) in [5.74, 6) is -0.739. The molecule has 2 heterocycles. The number of pyridine rings is 1. The van der Waals surface area contributed by atoms with Crippen LogP contribution in [-0.4, -0.2) is 58.6 Å². The normalized spacial score (nSPS) is 15.8. The van der Waals surface area contributed by atoms with Crippen LogP contribution < -0.4 is 0 Å². The summed E-state index contributed by atoms with van der Waals surface area (Å²) in [5, 5.41) is 8.86. The van der Waals surface area contributed by atoms with Crippen molar-refractivity contribution < 1.29 is 9.90 Å². The van der Waals surface area contributed by atoms with Gasteiger partial charge in [0.2, 0.25) is 0 Å². The topological polar surface area (TPSA) is 56.7 Å². The number of nitrogens with zero attached hydrogens (tertiary/aromatic N) is 3. The minimum Gasteiger partial charge on any atom is -0.481 e. The molecule has 20 heavy (non-hydrogen) atoms. The lowest BCUT2D eigenvalue weighted by atomic mass is 10.3. The van der Waals surface area contributed by atoms with E-state index < -0.39 is 5.97 Å². The van der Waals surface area contributed by atoms with Gasteiger partial charge in [0.05, 0.1) is 12.1 Å². The summed E-state index contributed by atoms with van der Waals surface area (Å²) in [6, 6.07) is 5.86. The van der Waals surface area contributed by atoms with Crippen LogP contribution in [0.15, 0.2) is 24.4 Å². The molecule has 5 heteroatoms. The number of likely N-dealkylation sites (tertiary alicyclic amines) is 1. The van der Waals surface area contributed by atoms with Crippen molar-refractivity contribution in [1.29, 1.82) is 0 Å². The molecule has 1 aromatic rings. The second-order valence-corrected chi connectivity index (χ2v) is 5.29. The molecule has 0 aromatic carbocycles. The molecule has 0 atom stereocenters. The zero-order valence-corrected chi connectivity index (χ0v) is 11.9. The van der Waals surface area contributed by atoms with Crippen LogP contribution in [0.5, 0.6) is 0 Å². The Labute approximate surface area is 120 Å². The van der Waals surface area contributed by atoms with E-state index in [0.29, 0.717) is 6.54 Å². The number of rotatable bonds is 8. The van der Waals surface area contributed by atoms with Crippen LogP contribution >= 0.6 is 0 Å². The summed E-state index contributed by atoms with van der Waals surface area (Å²) >= 11 is 0. The average Bonchev–Trinajstić information content (AvgIpc) is 2.96. The molecule has 0 saturated carbocycles. The van der Waals surface area contributed by atoms with Gasteiger partial charge in [-0.25, -0.2) is 0 Å². The maximum Gasteiger partial charge on any atom is 0.304 e. The molecule has 2 rings (SSSR count). The van der Waals surface area contributed by atoms with Crippen molar-refractivity contribution in [2.24, 2.45) is 0 Å². The fraction of sp³-hybridized carbons (Fsp3) is 0.600. The van der Waals surface area contributed by atoms with Gasteiger partial charge in [-0.3, -0.25) is 14.7 Å². The molecule has 1 saturated heterocycles. The van der Waals surface area contributed by atoms with Crippen molar-refractivity contribution in [1.82, 2.24) is 14.8 Å². The highest BCUT2D eigenvalue weighted by Gasteiger charge is 2.14. The van der Waals surface area contributed by atoms with E-state index >= 15 is 0 Å². The highest BCUT2D eigenvalue weighted by atomic mass is 16.4. The lowest BCUT2D eigenvalue weighted by Crippen LogP contribution is -2.35. The zero-order valence-electron chi connectivity index (χ0n) is 11.9. The number of aromatic nitrogens is 1. The molecule has 0 aliphatic carbocycles. The Morgan fingerprint density at radius 2 is 2.10 bits per heavy atom. The zero-order chi connectivity index (χ0) is 14.2. The summed E-state index contributed by atoms with van der Waals surface area (Å²) in [7, 11) is 0. The minimum atomic E-state index is -0.739. The second kappa shape index (κ2) is 7.97. The molecule has 5 nitrogen and oxygen atoms in total. The molecule has 1 fully saturated rings. The van der Waals surface area contributed by atoms with Crippen molar-refractivity contribution >= 4 is 5.97 Å². The van der Waals surface area contributed by atoms with E-state index in [-0.39, 0.29) is 6.42 Å². The lowest BCUT2D eigenvalue weighted by Gasteiger charge is -2.24. The second-order valence-electron chi connectivity index (χ2n) is 5.29. The first-order valence-electron chi connectivity index (χ1n) is 7.30. The first-order valence-corrected chi connectivity index (χ1v) is 7.30. The fourth-order valence-corrected chi connectivity index (χ4v) is 2.53. The van der Waals surface area contributed by atoms with Gasteiger partial charge in [-0.05, 0) is 38.1 Å². The van der Waals surface area contributed by atoms with E-state index in [1.54, 1.807) is 6.20 Å². The standard InChI is InChI=1S/C15H23N3O2/c19-15(20)6-10-18(12-11-17-8-3-4-9-17)13-14-5-1-2-7-16-14/h1-2,5,7H,3-4,6,8-13H2,(H,19,20). The van der Waals surface area contributed by atoms with Crippen LogP contribution in [0, 0.1) is 0 Å². The van der Waals surface area contributed by atoms with Gasteiger partial charge in [-0.15, -0.1) is 0 Å². The van der Waals surface area contributed by atoms with Crippen LogP contribution in [0.3, 0.4) is 0 Å². The molecule has 1 aliphatic rings. The van der Waals surface area contributed by atoms with Crippen molar-refractivity contribution in [2.75, 3.05) is 32.7 Å². The number of carboxylic acids is 1. The number of aliphatic carboxylic acids is 1. The first kappa shape index (κ1) is 14.9. The Hall–Kier alpha value is -1.46. The fourth-order valence-electron chi connectivity index (χ4n) is 2.53. The SMILES string of the molecule is O=C(O)CCN(CCN1CCCC1)Cc1ccccn1. The average molecular weight is 277 g/mol. The van der Waals surface area contributed by atoms with Gasteiger partial charge in [0.25, 0.3) is 0 Å². The molecule has 110 valence electrons. The third-order valence-corrected chi connectivity index (χ3v) is 3.68. The van der Waals surface area contributed by atoms with Crippen LogP contribution in [0.1, 0.15) is 25.0 Å². The summed E-state index contributed by atoms with van der Waals surface area (Å²) in [6.07, 6.45) is 4.54. The van der Waals surface area contributed by atoms with Crippen molar-refractivity contribution in [3.63, 3.8) is 0 Å². The summed E-state index contributed by atoms with van der Waals surface area (Å²) in [6.45, 7) is 5.59. The first-order chi connectivity index (χ1) is 9.74. The number of carbonyl (C=O) groups is 1.